The van der Waals surface area contributed by atoms with Gasteiger partial charge >= 0.3 is 6.03 Å². The predicted octanol–water partition coefficient (Wildman–Crippen LogP) is 5.77. The molecular weight excluding hydrogens is 503 g/mol. The number of thiazole rings is 1. The zero-order valence-electron chi connectivity index (χ0n) is 22.2. The summed E-state index contributed by atoms with van der Waals surface area (Å²) in [5, 5.41) is 2.75. The molecule has 2 atom stereocenters. The molecule has 3 heterocycles. The van der Waals surface area contributed by atoms with Crippen LogP contribution in [0.25, 0.3) is 0 Å². The minimum atomic E-state index is -1.07. The van der Waals surface area contributed by atoms with E-state index in [-0.39, 0.29) is 24.6 Å². The summed E-state index contributed by atoms with van der Waals surface area (Å²) in [6.45, 7) is 9.41. The van der Waals surface area contributed by atoms with Crippen LogP contribution in [-0.4, -0.2) is 51.0 Å². The van der Waals surface area contributed by atoms with Crippen LogP contribution in [0.1, 0.15) is 49.9 Å². The second kappa shape index (κ2) is 10.5. The number of aryl methyl sites for hydroxylation is 1. The number of amides is 3. The molecule has 0 radical (unpaired) electrons. The largest absolute Gasteiger partial charge is 0.491 e. The molecule has 1 aromatic heterocycles. The van der Waals surface area contributed by atoms with Gasteiger partial charge < -0.3 is 4.74 Å². The monoisotopic (exact) mass is 536 g/mol. The molecule has 2 aliphatic heterocycles. The van der Waals surface area contributed by atoms with Crippen molar-refractivity contribution in [3.05, 3.63) is 76.0 Å². The molecular formula is C29H33FN4O3S. The van der Waals surface area contributed by atoms with Crippen molar-refractivity contribution in [1.29, 1.82) is 0 Å². The molecule has 3 amide bonds. The third-order valence-corrected chi connectivity index (χ3v) is 8.09. The van der Waals surface area contributed by atoms with Crippen LogP contribution in [0.4, 0.5) is 14.9 Å². The van der Waals surface area contributed by atoms with Gasteiger partial charge in [-0.15, -0.1) is 11.3 Å². The fourth-order valence-electron chi connectivity index (χ4n) is 5.62. The third kappa shape index (κ3) is 5.05. The number of imide groups is 1. The van der Waals surface area contributed by atoms with E-state index < -0.39 is 17.4 Å². The number of hydrogen-bond donors (Lipinski definition) is 0. The van der Waals surface area contributed by atoms with Gasteiger partial charge in [-0.25, -0.2) is 14.2 Å². The van der Waals surface area contributed by atoms with Crippen LogP contribution in [0, 0.1) is 12.7 Å². The number of hydrogen-bond acceptors (Lipinski definition) is 6. The maximum absolute atomic E-state index is 14.3. The molecule has 7 nitrogen and oxygen atoms in total. The smallest absolute Gasteiger partial charge is 0.332 e. The Balaban J connectivity index is 1.42. The van der Waals surface area contributed by atoms with E-state index >= 15 is 0 Å². The van der Waals surface area contributed by atoms with Crippen LogP contribution in [0.15, 0.2) is 53.9 Å². The number of piperidine rings is 1. The quantitative estimate of drug-likeness (QED) is 0.359. The zero-order chi connectivity index (χ0) is 27.0. The Kier molecular flexibility index (Phi) is 7.24. The Hall–Kier alpha value is -3.30. The lowest BCUT2D eigenvalue weighted by molar-refractivity contribution is -0.133. The average Bonchev–Trinajstić information content (AvgIpc) is 3.35. The summed E-state index contributed by atoms with van der Waals surface area (Å²) in [5.74, 6) is 0.150. The predicted molar refractivity (Wildman–Crippen MR) is 146 cm³/mol. The van der Waals surface area contributed by atoms with Crippen LogP contribution in [-0.2, 0) is 17.9 Å². The number of aromatic nitrogens is 1. The zero-order valence-corrected chi connectivity index (χ0v) is 23.0. The van der Waals surface area contributed by atoms with E-state index in [1.807, 2.05) is 38.3 Å². The first kappa shape index (κ1) is 26.3. The lowest BCUT2D eigenvalue weighted by Crippen LogP contribution is -2.59. The molecule has 0 saturated carbocycles. The van der Waals surface area contributed by atoms with Gasteiger partial charge in [-0.2, -0.15) is 0 Å². The average molecular weight is 537 g/mol. The van der Waals surface area contributed by atoms with Crippen LogP contribution in [0.3, 0.4) is 0 Å². The van der Waals surface area contributed by atoms with Gasteiger partial charge in [-0.3, -0.25) is 19.5 Å². The minimum absolute atomic E-state index is 0.00713. The van der Waals surface area contributed by atoms with Crippen LogP contribution >= 0.6 is 11.3 Å². The molecule has 0 bridgehead atoms. The number of ether oxygens (including phenoxy) is 1. The van der Waals surface area contributed by atoms with Gasteiger partial charge in [0, 0.05) is 30.2 Å². The van der Waals surface area contributed by atoms with Crippen molar-refractivity contribution in [2.24, 2.45) is 0 Å². The number of benzene rings is 2. The molecule has 200 valence electrons. The Labute approximate surface area is 226 Å². The summed E-state index contributed by atoms with van der Waals surface area (Å²) >= 11 is 1.48. The highest BCUT2D eigenvalue weighted by atomic mass is 32.1. The SMILES string of the molecule is Cc1nc(CN2C(=O)N(c3cccc(F)c3)[C@@]3(CCN(Cc4cccc(OC(C)C)c4)[C@@H](C)C3)C2=O)cs1. The highest BCUT2D eigenvalue weighted by Crippen LogP contribution is 2.43. The fraction of sp³-hybridized carbons (Fsp3) is 0.414. The van der Waals surface area contributed by atoms with Gasteiger partial charge in [0.1, 0.15) is 17.1 Å². The van der Waals surface area contributed by atoms with Gasteiger partial charge in [-0.05, 0) is 76.4 Å². The Morgan fingerprint density at radius 1 is 1.16 bits per heavy atom. The van der Waals surface area contributed by atoms with Crippen LogP contribution in [0.2, 0.25) is 0 Å². The first-order chi connectivity index (χ1) is 18.2. The summed E-state index contributed by atoms with van der Waals surface area (Å²) in [6, 6.07) is 13.6. The summed E-state index contributed by atoms with van der Waals surface area (Å²) < 4.78 is 20.1. The molecule has 9 heteroatoms. The molecule has 0 N–H and O–H groups in total. The standard InChI is InChI=1S/C29H33FN4O3S/c1-19(2)37-26-10-5-7-22(13-26)16-32-12-11-29(15-20(32)3)27(35)33(17-24-18-38-21(4)31-24)28(36)34(29)25-9-6-8-23(30)14-25/h5-10,13-14,18-20H,11-12,15-17H2,1-4H3/t20-,29+/m0/s1. The topological polar surface area (TPSA) is 66.0 Å². The van der Waals surface area contributed by atoms with Crippen molar-refractivity contribution in [3.8, 4) is 5.75 Å². The van der Waals surface area contributed by atoms with E-state index in [0.29, 0.717) is 37.3 Å². The third-order valence-electron chi connectivity index (χ3n) is 7.27. The summed E-state index contributed by atoms with van der Waals surface area (Å²) in [4.78, 5) is 37.4. The van der Waals surface area contributed by atoms with Crippen LogP contribution < -0.4 is 9.64 Å². The van der Waals surface area contributed by atoms with E-state index in [1.54, 1.807) is 12.1 Å². The molecule has 3 aromatic rings. The molecule has 0 unspecified atom stereocenters. The molecule has 1 spiro atoms. The van der Waals surface area contributed by atoms with Gasteiger partial charge in [0.25, 0.3) is 5.91 Å². The summed E-state index contributed by atoms with van der Waals surface area (Å²) in [6.07, 6.45) is 0.991. The highest BCUT2D eigenvalue weighted by Gasteiger charge is 2.59. The van der Waals surface area contributed by atoms with E-state index in [0.717, 1.165) is 16.3 Å². The van der Waals surface area contributed by atoms with Crippen molar-refractivity contribution in [3.63, 3.8) is 0 Å². The minimum Gasteiger partial charge on any atom is -0.491 e. The number of likely N-dealkylation sites (tertiary alicyclic amines) is 1. The summed E-state index contributed by atoms with van der Waals surface area (Å²) in [7, 11) is 0. The molecule has 2 aliphatic rings. The molecule has 38 heavy (non-hydrogen) atoms. The first-order valence-electron chi connectivity index (χ1n) is 13.0. The number of rotatable bonds is 7. The highest BCUT2D eigenvalue weighted by molar-refractivity contribution is 7.09. The maximum Gasteiger partial charge on any atom is 0.332 e. The first-order valence-corrected chi connectivity index (χ1v) is 13.9. The Bertz CT molecular complexity index is 1340. The second-order valence-corrected chi connectivity index (χ2v) is 11.5. The second-order valence-electron chi connectivity index (χ2n) is 10.5. The fourth-order valence-corrected chi connectivity index (χ4v) is 6.22. The normalized spacial score (nSPS) is 22.2. The number of carbonyl (C=O) groups is 2. The number of nitrogens with zero attached hydrogens (tertiary/aromatic N) is 4. The van der Waals surface area contributed by atoms with Gasteiger partial charge in [0.15, 0.2) is 0 Å². The Morgan fingerprint density at radius 3 is 2.63 bits per heavy atom. The van der Waals surface area contributed by atoms with Crippen molar-refractivity contribution in [2.75, 3.05) is 11.4 Å². The van der Waals surface area contributed by atoms with Crippen molar-refractivity contribution in [1.82, 2.24) is 14.8 Å². The summed E-state index contributed by atoms with van der Waals surface area (Å²) in [5.41, 5.74) is 1.13. The Morgan fingerprint density at radius 2 is 1.95 bits per heavy atom. The number of halogens is 1. The van der Waals surface area contributed by atoms with Crippen molar-refractivity contribution >= 4 is 29.0 Å². The van der Waals surface area contributed by atoms with Gasteiger partial charge in [0.2, 0.25) is 0 Å². The van der Waals surface area contributed by atoms with Gasteiger partial charge in [0.05, 0.1) is 23.4 Å². The van der Waals surface area contributed by atoms with E-state index in [1.165, 1.54) is 33.3 Å². The van der Waals surface area contributed by atoms with Crippen LogP contribution in [0.5, 0.6) is 5.75 Å². The molecule has 2 fully saturated rings. The molecule has 0 aliphatic carbocycles. The number of anilines is 1. The molecule has 2 aromatic carbocycles. The maximum atomic E-state index is 14.3. The molecule has 2 saturated heterocycles. The molecule has 5 rings (SSSR count). The lowest BCUT2D eigenvalue weighted by Gasteiger charge is -2.45. The lowest BCUT2D eigenvalue weighted by atomic mass is 9.81. The van der Waals surface area contributed by atoms with E-state index in [2.05, 4.69) is 28.9 Å². The van der Waals surface area contributed by atoms with E-state index in [4.69, 9.17) is 4.74 Å². The van der Waals surface area contributed by atoms with Crippen molar-refractivity contribution in [2.45, 2.75) is 71.3 Å². The van der Waals surface area contributed by atoms with E-state index in [9.17, 15) is 14.0 Å². The number of urea groups is 1. The number of carbonyl (C=O) groups excluding carboxylic acids is 2. The van der Waals surface area contributed by atoms with Crippen molar-refractivity contribution < 1.29 is 18.7 Å². The van der Waals surface area contributed by atoms with Gasteiger partial charge in [-0.1, -0.05) is 18.2 Å².